The highest BCUT2D eigenvalue weighted by Gasteiger charge is 2.53. The van der Waals surface area contributed by atoms with Gasteiger partial charge in [0.1, 0.15) is 17.2 Å². The number of nitrogens with one attached hydrogen (secondary N) is 1. The molecule has 0 bridgehead atoms. The molecule has 22 heavy (non-hydrogen) atoms. The highest BCUT2D eigenvalue weighted by atomic mass is 16.6. The molecule has 7 nitrogen and oxygen atoms in total. The van der Waals surface area contributed by atoms with Gasteiger partial charge in [-0.2, -0.15) is 0 Å². The monoisotopic (exact) mass is 312 g/mol. The molecule has 1 atom stereocenters. The van der Waals surface area contributed by atoms with E-state index in [0.717, 1.165) is 6.42 Å². The van der Waals surface area contributed by atoms with Crippen molar-refractivity contribution < 1.29 is 23.9 Å². The zero-order valence-electron chi connectivity index (χ0n) is 13.6. The van der Waals surface area contributed by atoms with E-state index in [-0.39, 0.29) is 5.91 Å². The maximum absolute atomic E-state index is 12.4. The molecule has 1 heterocycles. The van der Waals surface area contributed by atoms with Crippen molar-refractivity contribution in [3.8, 4) is 0 Å². The number of ether oxygens (including phenoxy) is 2. The van der Waals surface area contributed by atoms with Gasteiger partial charge in [-0.05, 0) is 46.5 Å². The van der Waals surface area contributed by atoms with Crippen molar-refractivity contribution in [1.82, 2.24) is 10.2 Å². The number of methoxy groups -OCH3 is 1. The summed E-state index contributed by atoms with van der Waals surface area (Å²) in [4.78, 5) is 37.8. The Morgan fingerprint density at radius 3 is 2.36 bits per heavy atom. The molecule has 1 saturated heterocycles. The Morgan fingerprint density at radius 2 is 1.86 bits per heavy atom. The number of amides is 2. The van der Waals surface area contributed by atoms with Crippen molar-refractivity contribution >= 4 is 18.0 Å². The summed E-state index contributed by atoms with van der Waals surface area (Å²) in [5.74, 6) is -0.742. The topological polar surface area (TPSA) is 84.9 Å². The quantitative estimate of drug-likeness (QED) is 0.792. The van der Waals surface area contributed by atoms with E-state index in [4.69, 9.17) is 9.47 Å². The molecule has 2 aliphatic rings. The van der Waals surface area contributed by atoms with Gasteiger partial charge in [-0.3, -0.25) is 9.69 Å². The van der Waals surface area contributed by atoms with Gasteiger partial charge in [0, 0.05) is 6.54 Å². The number of hydrogen-bond acceptors (Lipinski definition) is 5. The van der Waals surface area contributed by atoms with E-state index in [1.165, 1.54) is 12.0 Å². The third kappa shape index (κ3) is 3.51. The fraction of sp³-hybridized carbons (Fsp3) is 0.800. The van der Waals surface area contributed by atoms with Gasteiger partial charge >= 0.3 is 12.1 Å². The van der Waals surface area contributed by atoms with Crippen molar-refractivity contribution in [2.24, 2.45) is 0 Å². The van der Waals surface area contributed by atoms with Gasteiger partial charge in [0.25, 0.3) is 0 Å². The summed E-state index contributed by atoms with van der Waals surface area (Å²) in [6.45, 7) is 5.84. The lowest BCUT2D eigenvalue weighted by molar-refractivity contribution is -0.147. The van der Waals surface area contributed by atoms with Gasteiger partial charge in [0.05, 0.1) is 7.11 Å². The first-order valence-electron chi connectivity index (χ1n) is 7.59. The van der Waals surface area contributed by atoms with Gasteiger partial charge in [-0.1, -0.05) is 0 Å². The van der Waals surface area contributed by atoms with E-state index in [1.54, 1.807) is 20.8 Å². The van der Waals surface area contributed by atoms with Crippen molar-refractivity contribution in [2.45, 2.75) is 63.6 Å². The van der Waals surface area contributed by atoms with Crippen molar-refractivity contribution in [3.63, 3.8) is 0 Å². The van der Waals surface area contributed by atoms with Crippen LogP contribution in [0.15, 0.2) is 0 Å². The minimum Gasteiger partial charge on any atom is -0.467 e. The standard InChI is InChI=1S/C15H24N2O5/c1-14(2,3)22-13(20)17-9-5-6-10(17)11(18)16-15(7-8-15)12(19)21-4/h10H,5-9H2,1-4H3,(H,16,18)/t10-/m0/s1. The summed E-state index contributed by atoms with van der Waals surface area (Å²) in [7, 11) is 1.30. The van der Waals surface area contributed by atoms with E-state index < -0.39 is 29.2 Å². The zero-order valence-corrected chi connectivity index (χ0v) is 13.6. The number of hydrogen-bond donors (Lipinski definition) is 1. The average molecular weight is 312 g/mol. The van der Waals surface area contributed by atoms with Crippen LogP contribution in [0, 0.1) is 0 Å². The number of esters is 1. The number of nitrogens with zero attached hydrogens (tertiary/aromatic N) is 1. The molecule has 1 N–H and O–H groups in total. The molecule has 2 fully saturated rings. The van der Waals surface area contributed by atoms with Crippen LogP contribution < -0.4 is 5.32 Å². The third-order valence-corrected chi connectivity index (χ3v) is 3.87. The van der Waals surface area contributed by atoms with Gasteiger partial charge in [-0.25, -0.2) is 9.59 Å². The first kappa shape index (κ1) is 16.6. The molecule has 124 valence electrons. The van der Waals surface area contributed by atoms with E-state index in [9.17, 15) is 14.4 Å². The van der Waals surface area contributed by atoms with Gasteiger partial charge in [-0.15, -0.1) is 0 Å². The number of rotatable bonds is 3. The SMILES string of the molecule is COC(=O)C1(NC(=O)[C@@H]2CCCN2C(=O)OC(C)(C)C)CC1. The van der Waals surface area contributed by atoms with E-state index in [2.05, 4.69) is 5.32 Å². The molecule has 0 unspecified atom stereocenters. The predicted octanol–water partition coefficient (Wildman–Crippen LogP) is 1.21. The molecule has 2 rings (SSSR count). The number of carbonyl (C=O) groups is 3. The fourth-order valence-corrected chi connectivity index (χ4v) is 2.60. The van der Waals surface area contributed by atoms with Crippen LogP contribution in [-0.2, 0) is 19.1 Å². The summed E-state index contributed by atoms with van der Waals surface area (Å²) in [6, 6.07) is -0.586. The second-order valence-corrected chi connectivity index (χ2v) is 6.89. The van der Waals surface area contributed by atoms with Crippen LogP contribution in [0.2, 0.25) is 0 Å². The summed E-state index contributed by atoms with van der Waals surface area (Å²) in [6.07, 6.45) is 1.97. The van der Waals surface area contributed by atoms with Crippen LogP contribution in [-0.4, -0.2) is 53.7 Å². The van der Waals surface area contributed by atoms with Crippen LogP contribution in [0.3, 0.4) is 0 Å². The minimum absolute atomic E-state index is 0.314. The number of likely N-dealkylation sites (tertiary alicyclic amines) is 1. The van der Waals surface area contributed by atoms with Crippen LogP contribution in [0.4, 0.5) is 4.79 Å². The summed E-state index contributed by atoms with van der Waals surface area (Å²) in [5.41, 5.74) is -1.50. The van der Waals surface area contributed by atoms with E-state index in [0.29, 0.717) is 25.8 Å². The zero-order chi connectivity index (χ0) is 16.5. The molecule has 7 heteroatoms. The first-order valence-corrected chi connectivity index (χ1v) is 7.59. The predicted molar refractivity (Wildman–Crippen MR) is 78.1 cm³/mol. The van der Waals surface area contributed by atoms with Gasteiger partial charge in [0.15, 0.2) is 0 Å². The van der Waals surface area contributed by atoms with Crippen LogP contribution >= 0.6 is 0 Å². The van der Waals surface area contributed by atoms with Crippen LogP contribution in [0.5, 0.6) is 0 Å². The first-order chi connectivity index (χ1) is 10.2. The third-order valence-electron chi connectivity index (χ3n) is 3.87. The minimum atomic E-state index is -0.895. The highest BCUT2D eigenvalue weighted by Crippen LogP contribution is 2.37. The smallest absolute Gasteiger partial charge is 0.410 e. The molecule has 0 aromatic carbocycles. The highest BCUT2D eigenvalue weighted by molar-refractivity contribution is 5.94. The van der Waals surface area contributed by atoms with Gasteiger partial charge in [0.2, 0.25) is 5.91 Å². The Balaban J connectivity index is 2.00. The van der Waals surface area contributed by atoms with Crippen LogP contribution in [0.1, 0.15) is 46.5 Å². The Bertz CT molecular complexity index is 479. The molecule has 0 spiro atoms. The Kier molecular flexibility index (Phi) is 4.35. The van der Waals surface area contributed by atoms with Crippen molar-refractivity contribution in [1.29, 1.82) is 0 Å². The molecule has 1 aliphatic heterocycles. The van der Waals surface area contributed by atoms with Crippen molar-refractivity contribution in [3.05, 3.63) is 0 Å². The lowest BCUT2D eigenvalue weighted by Crippen LogP contribution is -2.53. The molecular formula is C15H24N2O5. The summed E-state index contributed by atoms with van der Waals surface area (Å²) >= 11 is 0. The molecule has 0 aromatic rings. The van der Waals surface area contributed by atoms with E-state index in [1.807, 2.05) is 0 Å². The lowest BCUT2D eigenvalue weighted by atomic mass is 10.1. The van der Waals surface area contributed by atoms with Crippen LogP contribution in [0.25, 0.3) is 0 Å². The molecule has 1 aliphatic carbocycles. The Hall–Kier alpha value is -1.79. The van der Waals surface area contributed by atoms with E-state index >= 15 is 0 Å². The normalized spacial score (nSPS) is 22.9. The summed E-state index contributed by atoms with van der Waals surface area (Å²) in [5, 5.41) is 2.74. The molecule has 0 aromatic heterocycles. The Labute approximate surface area is 130 Å². The number of carbonyl (C=O) groups excluding carboxylic acids is 3. The fourth-order valence-electron chi connectivity index (χ4n) is 2.60. The maximum Gasteiger partial charge on any atom is 0.410 e. The van der Waals surface area contributed by atoms with Gasteiger partial charge < -0.3 is 14.8 Å². The van der Waals surface area contributed by atoms with Crippen molar-refractivity contribution in [2.75, 3.05) is 13.7 Å². The largest absolute Gasteiger partial charge is 0.467 e. The average Bonchev–Trinajstić information content (AvgIpc) is 3.02. The Morgan fingerprint density at radius 1 is 1.23 bits per heavy atom. The lowest BCUT2D eigenvalue weighted by Gasteiger charge is -2.28. The summed E-state index contributed by atoms with van der Waals surface area (Å²) < 4.78 is 10.1. The second kappa shape index (κ2) is 5.78. The maximum atomic E-state index is 12.4. The molecule has 0 radical (unpaired) electrons. The molecular weight excluding hydrogens is 288 g/mol. The molecule has 2 amide bonds. The molecule has 1 saturated carbocycles. The second-order valence-electron chi connectivity index (χ2n) is 6.89.